The summed E-state index contributed by atoms with van der Waals surface area (Å²) in [6.07, 6.45) is 3.27. The number of hydrogen-bond acceptors (Lipinski definition) is 3. The van der Waals surface area contributed by atoms with Gasteiger partial charge in [-0.3, -0.25) is 10.2 Å². The van der Waals surface area contributed by atoms with Crippen molar-refractivity contribution in [3.63, 3.8) is 0 Å². The lowest BCUT2D eigenvalue weighted by molar-refractivity contribution is -0.123. The highest BCUT2D eigenvalue weighted by Crippen LogP contribution is 2.10. The molecule has 1 heterocycles. The maximum atomic E-state index is 11.6. The molecule has 1 aliphatic heterocycles. The van der Waals surface area contributed by atoms with Crippen LogP contribution in [0.1, 0.15) is 5.56 Å². The lowest BCUT2D eigenvalue weighted by Crippen LogP contribution is -2.47. The van der Waals surface area contributed by atoms with Crippen molar-refractivity contribution in [2.45, 2.75) is 0 Å². The van der Waals surface area contributed by atoms with Crippen molar-refractivity contribution in [3.8, 4) is 0 Å². The van der Waals surface area contributed by atoms with Gasteiger partial charge < -0.3 is 4.74 Å². The Labute approximate surface area is 111 Å². The summed E-state index contributed by atoms with van der Waals surface area (Å²) in [5.41, 5.74) is 3.74. The topological polar surface area (TPSA) is 41.6 Å². The number of ether oxygens (including phenoxy) is 1. The van der Waals surface area contributed by atoms with Crippen molar-refractivity contribution in [2.75, 3.05) is 26.3 Å². The van der Waals surface area contributed by atoms with Crippen LogP contribution in [-0.2, 0) is 9.53 Å². The lowest BCUT2D eigenvalue weighted by atomic mass is 10.2. The van der Waals surface area contributed by atoms with Crippen molar-refractivity contribution < 1.29 is 9.53 Å². The van der Waals surface area contributed by atoms with Gasteiger partial charge in [0.25, 0.3) is 5.91 Å². The molecule has 1 aliphatic rings. The van der Waals surface area contributed by atoms with Gasteiger partial charge in [-0.1, -0.05) is 23.7 Å². The van der Waals surface area contributed by atoms with Gasteiger partial charge in [0.1, 0.15) is 0 Å². The van der Waals surface area contributed by atoms with E-state index in [4.69, 9.17) is 16.3 Å². The zero-order chi connectivity index (χ0) is 12.8. The number of morpholine rings is 1. The highest BCUT2D eigenvalue weighted by atomic mass is 35.5. The van der Waals surface area contributed by atoms with Crippen molar-refractivity contribution in [2.24, 2.45) is 0 Å². The average molecular weight is 267 g/mol. The van der Waals surface area contributed by atoms with Crippen LogP contribution in [0.3, 0.4) is 0 Å². The summed E-state index contributed by atoms with van der Waals surface area (Å²) in [5.74, 6) is -0.133. The summed E-state index contributed by atoms with van der Waals surface area (Å²) >= 11 is 5.78. The van der Waals surface area contributed by atoms with E-state index in [9.17, 15) is 4.79 Å². The quantitative estimate of drug-likeness (QED) is 0.847. The third-order valence-electron chi connectivity index (χ3n) is 2.58. The molecular formula is C13H15ClN2O2. The molecule has 0 unspecified atom stereocenters. The maximum absolute atomic E-state index is 11.6. The van der Waals surface area contributed by atoms with E-state index in [1.54, 1.807) is 18.2 Å². The number of carbonyl (C=O) groups excluding carboxylic acids is 1. The molecule has 4 nitrogen and oxygen atoms in total. The van der Waals surface area contributed by atoms with Gasteiger partial charge in [-0.2, -0.15) is 0 Å². The van der Waals surface area contributed by atoms with Gasteiger partial charge in [0, 0.05) is 24.2 Å². The summed E-state index contributed by atoms with van der Waals surface area (Å²) in [5, 5.41) is 2.54. The van der Waals surface area contributed by atoms with E-state index >= 15 is 0 Å². The van der Waals surface area contributed by atoms with Crippen LogP contribution in [0.5, 0.6) is 0 Å². The van der Waals surface area contributed by atoms with E-state index in [1.807, 2.05) is 17.1 Å². The van der Waals surface area contributed by atoms with E-state index < -0.39 is 0 Å². The van der Waals surface area contributed by atoms with Crippen LogP contribution >= 0.6 is 11.6 Å². The first kappa shape index (κ1) is 13.1. The predicted octanol–water partition coefficient (Wildman–Crippen LogP) is 1.72. The zero-order valence-corrected chi connectivity index (χ0v) is 10.7. The van der Waals surface area contributed by atoms with E-state index in [2.05, 4.69) is 5.43 Å². The molecule has 1 amide bonds. The smallest absolute Gasteiger partial charge is 0.258 e. The Bertz CT molecular complexity index is 425. The molecule has 0 bridgehead atoms. The van der Waals surface area contributed by atoms with Gasteiger partial charge in [0.05, 0.1) is 13.2 Å². The molecule has 96 valence electrons. The Morgan fingerprint density at radius 3 is 2.61 bits per heavy atom. The second-order valence-corrected chi connectivity index (χ2v) is 4.40. The Morgan fingerprint density at radius 2 is 1.94 bits per heavy atom. The number of nitrogens with zero attached hydrogens (tertiary/aromatic N) is 1. The van der Waals surface area contributed by atoms with Crippen LogP contribution in [0.4, 0.5) is 0 Å². The normalized spacial score (nSPS) is 16.9. The van der Waals surface area contributed by atoms with E-state index in [-0.39, 0.29) is 5.91 Å². The number of carbonyl (C=O) groups is 1. The summed E-state index contributed by atoms with van der Waals surface area (Å²) in [4.78, 5) is 11.6. The van der Waals surface area contributed by atoms with Crippen LogP contribution < -0.4 is 5.43 Å². The molecule has 1 aromatic rings. The van der Waals surface area contributed by atoms with Crippen molar-refractivity contribution in [3.05, 3.63) is 40.9 Å². The summed E-state index contributed by atoms with van der Waals surface area (Å²) in [7, 11) is 0. The summed E-state index contributed by atoms with van der Waals surface area (Å²) < 4.78 is 5.20. The Hall–Kier alpha value is -1.36. The zero-order valence-electron chi connectivity index (χ0n) is 9.93. The molecule has 1 aromatic carbocycles. The number of benzene rings is 1. The first-order valence-corrected chi connectivity index (χ1v) is 6.19. The second-order valence-electron chi connectivity index (χ2n) is 3.96. The molecule has 0 aliphatic carbocycles. The van der Waals surface area contributed by atoms with Gasteiger partial charge in [-0.25, -0.2) is 5.01 Å². The SMILES string of the molecule is O=C(C=Cc1ccc(Cl)cc1)NN1CCOCC1. The fourth-order valence-electron chi connectivity index (χ4n) is 1.61. The van der Waals surface area contributed by atoms with Crippen molar-refractivity contribution in [1.82, 2.24) is 10.4 Å². The molecule has 0 aromatic heterocycles. The van der Waals surface area contributed by atoms with Crippen LogP contribution in [-0.4, -0.2) is 37.2 Å². The van der Waals surface area contributed by atoms with Gasteiger partial charge in [0.2, 0.25) is 0 Å². The van der Waals surface area contributed by atoms with Crippen LogP contribution in [0.15, 0.2) is 30.3 Å². The fraction of sp³-hybridized carbons (Fsp3) is 0.308. The minimum Gasteiger partial charge on any atom is -0.379 e. The third kappa shape index (κ3) is 4.14. The first-order chi connectivity index (χ1) is 8.74. The van der Waals surface area contributed by atoms with Crippen molar-refractivity contribution in [1.29, 1.82) is 0 Å². The van der Waals surface area contributed by atoms with Crippen LogP contribution in [0.25, 0.3) is 6.08 Å². The van der Waals surface area contributed by atoms with E-state index in [0.717, 1.165) is 18.7 Å². The molecule has 0 saturated carbocycles. The third-order valence-corrected chi connectivity index (χ3v) is 2.83. The molecule has 0 spiro atoms. The van der Waals surface area contributed by atoms with Crippen molar-refractivity contribution >= 4 is 23.6 Å². The standard InChI is InChI=1S/C13H15ClN2O2/c14-12-4-1-11(2-5-12)3-6-13(17)15-16-7-9-18-10-8-16/h1-6H,7-10H2,(H,15,17). The molecule has 1 fully saturated rings. The number of nitrogens with one attached hydrogen (secondary N) is 1. The average Bonchev–Trinajstić information content (AvgIpc) is 2.39. The number of rotatable bonds is 3. The fourth-order valence-corrected chi connectivity index (χ4v) is 1.74. The monoisotopic (exact) mass is 266 g/mol. The molecule has 5 heteroatoms. The Morgan fingerprint density at radius 1 is 1.28 bits per heavy atom. The number of halogens is 1. The second kappa shape index (κ2) is 6.54. The van der Waals surface area contributed by atoms with E-state index in [1.165, 1.54) is 6.08 Å². The largest absolute Gasteiger partial charge is 0.379 e. The number of hydrazine groups is 1. The molecule has 0 radical (unpaired) electrons. The van der Waals surface area contributed by atoms with E-state index in [0.29, 0.717) is 18.2 Å². The van der Waals surface area contributed by atoms with Gasteiger partial charge >= 0.3 is 0 Å². The summed E-state index contributed by atoms with van der Waals surface area (Å²) in [6.45, 7) is 2.75. The minimum absolute atomic E-state index is 0.133. The number of hydrogen-bond donors (Lipinski definition) is 1. The number of amides is 1. The van der Waals surface area contributed by atoms with Gasteiger partial charge in [-0.15, -0.1) is 0 Å². The molecule has 1 saturated heterocycles. The lowest BCUT2D eigenvalue weighted by Gasteiger charge is -2.26. The molecule has 0 atom stereocenters. The minimum atomic E-state index is -0.133. The first-order valence-electron chi connectivity index (χ1n) is 5.81. The molecule has 2 rings (SSSR count). The van der Waals surface area contributed by atoms with Crippen LogP contribution in [0.2, 0.25) is 5.02 Å². The Kier molecular flexibility index (Phi) is 4.75. The van der Waals surface area contributed by atoms with Crippen LogP contribution in [0, 0.1) is 0 Å². The van der Waals surface area contributed by atoms with Gasteiger partial charge in [-0.05, 0) is 23.8 Å². The summed E-state index contributed by atoms with van der Waals surface area (Å²) in [6, 6.07) is 7.31. The highest BCUT2D eigenvalue weighted by Gasteiger charge is 2.10. The predicted molar refractivity (Wildman–Crippen MR) is 71.0 cm³/mol. The highest BCUT2D eigenvalue weighted by molar-refractivity contribution is 6.30. The molecule has 1 N–H and O–H groups in total. The maximum Gasteiger partial charge on any atom is 0.258 e. The molecular weight excluding hydrogens is 252 g/mol. The van der Waals surface area contributed by atoms with Gasteiger partial charge in [0.15, 0.2) is 0 Å². The Balaban J connectivity index is 1.84. The molecule has 18 heavy (non-hydrogen) atoms.